The van der Waals surface area contributed by atoms with Crippen LogP contribution in [-0.2, 0) is 16.5 Å². The van der Waals surface area contributed by atoms with E-state index in [0.717, 1.165) is 11.1 Å². The molecule has 2 nitrogen and oxygen atoms in total. The molecule has 0 fully saturated rings. The number of benzene rings is 1. The van der Waals surface area contributed by atoms with Crippen molar-refractivity contribution in [1.29, 1.82) is 0 Å². The summed E-state index contributed by atoms with van der Waals surface area (Å²) in [7, 11) is 0. The van der Waals surface area contributed by atoms with Crippen LogP contribution in [0.1, 0.15) is 31.9 Å². The molecule has 1 unspecified atom stereocenters. The summed E-state index contributed by atoms with van der Waals surface area (Å²) in [5, 5.41) is 0. The SMILES string of the molecule is Cc1ccc(C(C)(C)C)cc1S(=O)[O-].[Na+]. The zero-order chi connectivity index (χ0) is 10.9. The van der Waals surface area contributed by atoms with Crippen LogP contribution in [0.3, 0.4) is 0 Å². The van der Waals surface area contributed by atoms with Gasteiger partial charge < -0.3 is 4.55 Å². The van der Waals surface area contributed by atoms with Crippen LogP contribution in [0.5, 0.6) is 0 Å². The van der Waals surface area contributed by atoms with Crippen molar-refractivity contribution in [3.8, 4) is 0 Å². The molecule has 15 heavy (non-hydrogen) atoms. The first-order chi connectivity index (χ1) is 6.32. The third-order valence-corrected chi connectivity index (χ3v) is 3.03. The second-order valence-electron chi connectivity index (χ2n) is 4.46. The molecule has 0 amide bonds. The van der Waals surface area contributed by atoms with Crippen molar-refractivity contribution >= 4 is 11.1 Å². The molecule has 0 aliphatic heterocycles. The molecule has 1 aromatic rings. The topological polar surface area (TPSA) is 40.1 Å². The molecular weight excluding hydrogens is 219 g/mol. The molecule has 0 aliphatic carbocycles. The van der Waals surface area contributed by atoms with Gasteiger partial charge in [0.2, 0.25) is 0 Å². The fourth-order valence-corrected chi connectivity index (χ4v) is 1.80. The molecule has 0 saturated carbocycles. The van der Waals surface area contributed by atoms with Crippen molar-refractivity contribution < 1.29 is 38.3 Å². The zero-order valence-electron chi connectivity index (χ0n) is 9.96. The second-order valence-corrected chi connectivity index (χ2v) is 5.37. The average Bonchev–Trinajstić information content (AvgIpc) is 2.02. The molecule has 0 radical (unpaired) electrons. The summed E-state index contributed by atoms with van der Waals surface area (Å²) in [6.07, 6.45) is 0. The Balaban J connectivity index is 0.00000196. The maximum atomic E-state index is 10.9. The van der Waals surface area contributed by atoms with Crippen LogP contribution in [0.15, 0.2) is 23.1 Å². The Morgan fingerprint density at radius 2 is 1.80 bits per heavy atom. The van der Waals surface area contributed by atoms with Crippen LogP contribution in [0.2, 0.25) is 0 Å². The first-order valence-electron chi connectivity index (χ1n) is 4.53. The van der Waals surface area contributed by atoms with E-state index in [9.17, 15) is 8.76 Å². The normalized spacial score (nSPS) is 13.1. The molecule has 0 aromatic heterocycles. The zero-order valence-corrected chi connectivity index (χ0v) is 12.8. The summed E-state index contributed by atoms with van der Waals surface area (Å²) in [6.45, 7) is 8.00. The molecule has 1 rings (SSSR count). The van der Waals surface area contributed by atoms with Gasteiger partial charge in [-0.15, -0.1) is 0 Å². The van der Waals surface area contributed by atoms with Crippen molar-refractivity contribution in [2.24, 2.45) is 0 Å². The Hall–Kier alpha value is 0.330. The quantitative estimate of drug-likeness (QED) is 0.487. The van der Waals surface area contributed by atoms with E-state index in [0.29, 0.717) is 4.90 Å². The first kappa shape index (κ1) is 15.3. The standard InChI is InChI=1S/C11H16O2S.Na/c1-8-5-6-9(11(2,3)4)7-10(8)14(12)13;/h5-7H,1-4H3,(H,12,13);/q;+1/p-1. The number of hydrogen-bond acceptors (Lipinski definition) is 2. The van der Waals surface area contributed by atoms with Crippen LogP contribution in [0, 0.1) is 6.92 Å². The Bertz CT molecular complexity index is 369. The molecule has 0 heterocycles. The Morgan fingerprint density at radius 3 is 2.20 bits per heavy atom. The molecule has 78 valence electrons. The van der Waals surface area contributed by atoms with Gasteiger partial charge in [0.15, 0.2) is 0 Å². The van der Waals surface area contributed by atoms with Crippen molar-refractivity contribution in [3.05, 3.63) is 29.3 Å². The van der Waals surface area contributed by atoms with Crippen LogP contribution in [0.25, 0.3) is 0 Å². The number of aryl methyl sites for hydroxylation is 1. The van der Waals surface area contributed by atoms with Gasteiger partial charge >= 0.3 is 29.6 Å². The van der Waals surface area contributed by atoms with Gasteiger partial charge in [0.05, 0.1) is 0 Å². The first-order valence-corrected chi connectivity index (χ1v) is 5.60. The largest absolute Gasteiger partial charge is 1.00 e. The van der Waals surface area contributed by atoms with E-state index < -0.39 is 11.1 Å². The Kier molecular flexibility index (Phi) is 5.72. The van der Waals surface area contributed by atoms with Gasteiger partial charge in [-0.25, -0.2) is 0 Å². The minimum Gasteiger partial charge on any atom is -0.768 e. The molecule has 0 N–H and O–H groups in total. The van der Waals surface area contributed by atoms with Crippen molar-refractivity contribution in [2.45, 2.75) is 38.0 Å². The molecule has 0 bridgehead atoms. The van der Waals surface area contributed by atoms with Crippen molar-refractivity contribution in [3.63, 3.8) is 0 Å². The van der Waals surface area contributed by atoms with Crippen LogP contribution < -0.4 is 29.6 Å². The smallest absolute Gasteiger partial charge is 0.768 e. The predicted molar refractivity (Wildman–Crippen MR) is 57.1 cm³/mol. The van der Waals surface area contributed by atoms with E-state index >= 15 is 0 Å². The van der Waals surface area contributed by atoms with Gasteiger partial charge in [-0.3, -0.25) is 4.21 Å². The van der Waals surface area contributed by atoms with Crippen molar-refractivity contribution in [2.75, 3.05) is 0 Å². The fourth-order valence-electron chi connectivity index (χ4n) is 1.25. The summed E-state index contributed by atoms with van der Waals surface area (Å²) < 4.78 is 21.8. The van der Waals surface area contributed by atoms with Gasteiger partial charge in [-0.05, 0) is 40.6 Å². The van der Waals surface area contributed by atoms with Gasteiger partial charge in [0.1, 0.15) is 0 Å². The average molecular weight is 234 g/mol. The molecule has 0 aliphatic rings. The monoisotopic (exact) mass is 234 g/mol. The van der Waals surface area contributed by atoms with Gasteiger partial charge in [-0.2, -0.15) is 0 Å². The predicted octanol–water partition coefficient (Wildman–Crippen LogP) is -0.465. The van der Waals surface area contributed by atoms with Crippen molar-refractivity contribution in [1.82, 2.24) is 0 Å². The Morgan fingerprint density at radius 1 is 1.27 bits per heavy atom. The van der Waals surface area contributed by atoms with E-state index in [1.54, 1.807) is 13.0 Å². The van der Waals surface area contributed by atoms with Crippen LogP contribution in [-0.4, -0.2) is 8.76 Å². The molecule has 0 spiro atoms. The molecular formula is C11H15NaO2S. The summed E-state index contributed by atoms with van der Waals surface area (Å²) in [5.41, 5.74) is 1.83. The molecule has 1 aromatic carbocycles. The van der Waals surface area contributed by atoms with Crippen LogP contribution in [0.4, 0.5) is 0 Å². The van der Waals surface area contributed by atoms with E-state index in [-0.39, 0.29) is 35.0 Å². The summed E-state index contributed by atoms with van der Waals surface area (Å²) in [6, 6.07) is 5.58. The minimum atomic E-state index is -2.14. The number of rotatable bonds is 1. The van der Waals surface area contributed by atoms with E-state index in [4.69, 9.17) is 0 Å². The minimum absolute atomic E-state index is 0. The van der Waals surface area contributed by atoms with E-state index in [2.05, 4.69) is 20.8 Å². The summed E-state index contributed by atoms with van der Waals surface area (Å²) in [4.78, 5) is 0.400. The van der Waals surface area contributed by atoms with Gasteiger partial charge in [0.25, 0.3) is 0 Å². The summed E-state index contributed by atoms with van der Waals surface area (Å²) in [5.74, 6) is 0. The fraction of sp³-hybridized carbons (Fsp3) is 0.455. The molecule has 4 heteroatoms. The van der Waals surface area contributed by atoms with Gasteiger partial charge in [0, 0.05) is 4.90 Å². The third kappa shape index (κ3) is 4.00. The van der Waals surface area contributed by atoms with Gasteiger partial charge in [-0.1, -0.05) is 32.9 Å². The third-order valence-electron chi connectivity index (χ3n) is 2.23. The number of hydrogen-bond donors (Lipinski definition) is 0. The molecule has 0 saturated heterocycles. The maximum absolute atomic E-state index is 10.9. The van der Waals surface area contributed by atoms with Crippen LogP contribution >= 0.6 is 0 Å². The van der Waals surface area contributed by atoms with E-state index in [1.165, 1.54) is 0 Å². The molecule has 1 atom stereocenters. The maximum Gasteiger partial charge on any atom is 1.00 e. The Labute approximate surface area is 116 Å². The summed E-state index contributed by atoms with van der Waals surface area (Å²) >= 11 is -2.14. The van der Waals surface area contributed by atoms with E-state index in [1.807, 2.05) is 12.1 Å². The second kappa shape index (κ2) is 5.60.